The molecule has 1 saturated heterocycles. The topological polar surface area (TPSA) is 115 Å². The number of rotatable bonds is 5. The maximum Gasteiger partial charge on any atom is 0.271 e. The Labute approximate surface area is 186 Å². The van der Waals surface area contributed by atoms with Gasteiger partial charge < -0.3 is 25.8 Å². The minimum atomic E-state index is -0.384. The fourth-order valence-electron chi connectivity index (χ4n) is 3.93. The maximum atomic E-state index is 12.8. The van der Waals surface area contributed by atoms with Crippen molar-refractivity contribution < 1.29 is 4.79 Å². The van der Waals surface area contributed by atoms with Crippen LogP contribution < -0.4 is 26.4 Å². The summed E-state index contributed by atoms with van der Waals surface area (Å²) in [4.78, 5) is 38.4. The standard InChI is InChI=1S/C23H27N7O2/c1-14-11-30(12-15(2)28-14)18-6-4-16(5-7-18)22(31)29-20-8-17(10-25-23(20)32)19-9-21(24-3)27-13-26-19/h4-10,13-15,28H,11-12H2,1-3H3,(H,25,32)(H,29,31)(H,24,26,27)/t14-,15+. The first-order valence-electron chi connectivity index (χ1n) is 10.6. The predicted octanol–water partition coefficient (Wildman–Crippen LogP) is 2.31. The van der Waals surface area contributed by atoms with E-state index in [1.54, 1.807) is 37.5 Å². The molecule has 0 aliphatic carbocycles. The van der Waals surface area contributed by atoms with Gasteiger partial charge in [-0.05, 0) is 44.2 Å². The Hall–Kier alpha value is -3.72. The predicted molar refractivity (Wildman–Crippen MR) is 126 cm³/mol. The van der Waals surface area contributed by atoms with Crippen molar-refractivity contribution in [2.24, 2.45) is 0 Å². The lowest BCUT2D eigenvalue weighted by molar-refractivity contribution is 0.102. The normalized spacial score (nSPS) is 18.3. The van der Waals surface area contributed by atoms with Gasteiger partial charge in [0.25, 0.3) is 11.5 Å². The number of amides is 1. The summed E-state index contributed by atoms with van der Waals surface area (Å²) < 4.78 is 0. The summed E-state index contributed by atoms with van der Waals surface area (Å²) >= 11 is 0. The van der Waals surface area contributed by atoms with Crippen LogP contribution in [0.25, 0.3) is 11.3 Å². The van der Waals surface area contributed by atoms with Gasteiger partial charge in [-0.25, -0.2) is 9.97 Å². The molecule has 4 N–H and O–H groups in total. The maximum absolute atomic E-state index is 12.8. The second-order valence-corrected chi connectivity index (χ2v) is 8.04. The minimum absolute atomic E-state index is 0.158. The quantitative estimate of drug-likeness (QED) is 0.488. The Balaban J connectivity index is 1.50. The first-order chi connectivity index (χ1) is 15.4. The van der Waals surface area contributed by atoms with E-state index in [-0.39, 0.29) is 17.2 Å². The molecule has 3 aromatic rings. The number of aromatic amines is 1. The molecule has 9 nitrogen and oxygen atoms in total. The molecule has 3 heterocycles. The molecule has 0 bridgehead atoms. The molecule has 1 fully saturated rings. The first-order valence-corrected chi connectivity index (χ1v) is 10.6. The van der Waals surface area contributed by atoms with Crippen molar-refractivity contribution in [3.8, 4) is 11.3 Å². The van der Waals surface area contributed by atoms with Crippen LogP contribution in [-0.4, -0.2) is 53.1 Å². The summed E-state index contributed by atoms with van der Waals surface area (Å²) in [7, 11) is 1.76. The van der Waals surface area contributed by atoms with E-state index in [0.717, 1.165) is 18.8 Å². The third-order valence-electron chi connectivity index (χ3n) is 5.42. The van der Waals surface area contributed by atoms with Crippen LogP contribution in [0.5, 0.6) is 0 Å². The van der Waals surface area contributed by atoms with E-state index in [4.69, 9.17) is 0 Å². The number of hydrogen-bond donors (Lipinski definition) is 4. The van der Waals surface area contributed by atoms with Gasteiger partial charge in [0.05, 0.1) is 5.69 Å². The molecule has 1 aromatic carbocycles. The summed E-state index contributed by atoms with van der Waals surface area (Å²) in [6.07, 6.45) is 3.00. The summed E-state index contributed by atoms with van der Waals surface area (Å²) in [5, 5.41) is 9.18. The van der Waals surface area contributed by atoms with Gasteiger partial charge >= 0.3 is 0 Å². The molecular formula is C23H27N7O2. The average Bonchev–Trinajstić information content (AvgIpc) is 2.80. The number of anilines is 3. The van der Waals surface area contributed by atoms with Crippen LogP contribution in [0.1, 0.15) is 24.2 Å². The molecular weight excluding hydrogens is 406 g/mol. The van der Waals surface area contributed by atoms with Crippen LogP contribution in [0.3, 0.4) is 0 Å². The first kappa shape index (κ1) is 21.5. The van der Waals surface area contributed by atoms with Crippen molar-refractivity contribution in [2.45, 2.75) is 25.9 Å². The van der Waals surface area contributed by atoms with Crippen LogP contribution in [0.15, 0.2) is 53.7 Å². The van der Waals surface area contributed by atoms with Crippen LogP contribution in [0.4, 0.5) is 17.2 Å². The van der Waals surface area contributed by atoms with Gasteiger partial charge in [0.1, 0.15) is 17.8 Å². The van der Waals surface area contributed by atoms with Crippen molar-refractivity contribution >= 4 is 23.1 Å². The van der Waals surface area contributed by atoms with E-state index >= 15 is 0 Å². The molecule has 166 valence electrons. The average molecular weight is 434 g/mol. The highest BCUT2D eigenvalue weighted by atomic mass is 16.2. The van der Waals surface area contributed by atoms with Crippen molar-refractivity contribution in [1.82, 2.24) is 20.3 Å². The van der Waals surface area contributed by atoms with E-state index in [9.17, 15) is 9.59 Å². The van der Waals surface area contributed by atoms with E-state index in [0.29, 0.717) is 34.7 Å². The molecule has 2 atom stereocenters. The van der Waals surface area contributed by atoms with Crippen LogP contribution >= 0.6 is 0 Å². The highest BCUT2D eigenvalue weighted by Gasteiger charge is 2.21. The fourth-order valence-corrected chi connectivity index (χ4v) is 3.93. The number of nitrogens with zero attached hydrogens (tertiary/aromatic N) is 3. The number of pyridine rings is 1. The smallest absolute Gasteiger partial charge is 0.271 e. The van der Waals surface area contributed by atoms with Crippen molar-refractivity contribution in [3.63, 3.8) is 0 Å². The molecule has 2 aromatic heterocycles. The third-order valence-corrected chi connectivity index (χ3v) is 5.42. The Kier molecular flexibility index (Phi) is 6.18. The summed E-state index contributed by atoms with van der Waals surface area (Å²) in [6, 6.07) is 11.6. The number of H-pyrrole nitrogens is 1. The van der Waals surface area contributed by atoms with E-state index in [1.165, 1.54) is 6.33 Å². The van der Waals surface area contributed by atoms with Crippen LogP contribution in [-0.2, 0) is 0 Å². The monoisotopic (exact) mass is 433 g/mol. The third kappa shape index (κ3) is 4.78. The molecule has 1 amide bonds. The molecule has 1 aliphatic rings. The lowest BCUT2D eigenvalue weighted by atomic mass is 10.1. The minimum Gasteiger partial charge on any atom is -0.373 e. The Bertz CT molecular complexity index is 1150. The van der Waals surface area contributed by atoms with E-state index < -0.39 is 0 Å². The zero-order chi connectivity index (χ0) is 22.7. The fraction of sp³-hybridized carbons (Fsp3) is 0.304. The second-order valence-electron chi connectivity index (χ2n) is 8.04. The highest BCUT2D eigenvalue weighted by molar-refractivity contribution is 6.04. The number of nitrogens with one attached hydrogen (secondary N) is 4. The van der Waals surface area contributed by atoms with Crippen molar-refractivity contribution in [2.75, 3.05) is 35.7 Å². The summed E-state index contributed by atoms with van der Waals surface area (Å²) in [5.74, 6) is 0.306. The lowest BCUT2D eigenvalue weighted by Crippen LogP contribution is -2.54. The van der Waals surface area contributed by atoms with Crippen LogP contribution in [0.2, 0.25) is 0 Å². The highest BCUT2D eigenvalue weighted by Crippen LogP contribution is 2.21. The SMILES string of the molecule is CNc1cc(-c2c[nH]c(=O)c(NC(=O)c3ccc(N4C[C@@H](C)N[C@@H](C)C4)cc3)c2)ncn1. The van der Waals surface area contributed by atoms with Crippen LogP contribution in [0, 0.1) is 0 Å². The van der Waals surface area contributed by atoms with Gasteiger partial charge in [-0.3, -0.25) is 9.59 Å². The van der Waals surface area contributed by atoms with Gasteiger partial charge in [0.15, 0.2) is 0 Å². The zero-order valence-electron chi connectivity index (χ0n) is 18.3. The Morgan fingerprint density at radius 1 is 1.09 bits per heavy atom. The number of benzene rings is 1. The largest absolute Gasteiger partial charge is 0.373 e. The van der Waals surface area contributed by atoms with E-state index in [2.05, 4.69) is 49.6 Å². The summed E-state index contributed by atoms with van der Waals surface area (Å²) in [6.45, 7) is 6.15. The number of hydrogen-bond acceptors (Lipinski definition) is 7. The number of carbonyl (C=O) groups excluding carboxylic acids is 1. The molecule has 0 radical (unpaired) electrons. The molecule has 0 unspecified atom stereocenters. The van der Waals surface area contributed by atoms with Crippen molar-refractivity contribution in [3.05, 3.63) is 64.8 Å². The Morgan fingerprint density at radius 2 is 1.81 bits per heavy atom. The molecule has 1 aliphatic heterocycles. The van der Waals surface area contributed by atoms with Gasteiger partial charge in [0, 0.05) is 61.3 Å². The molecule has 9 heteroatoms. The Morgan fingerprint density at radius 3 is 2.50 bits per heavy atom. The zero-order valence-corrected chi connectivity index (χ0v) is 18.3. The van der Waals surface area contributed by atoms with Gasteiger partial charge in [-0.2, -0.15) is 0 Å². The molecule has 4 rings (SSSR count). The second kappa shape index (κ2) is 9.19. The number of piperazine rings is 1. The summed E-state index contributed by atoms with van der Waals surface area (Å²) in [5.41, 5.74) is 2.62. The number of aromatic nitrogens is 3. The van der Waals surface area contributed by atoms with Gasteiger partial charge in [-0.1, -0.05) is 0 Å². The molecule has 0 spiro atoms. The van der Waals surface area contributed by atoms with Crippen molar-refractivity contribution in [1.29, 1.82) is 0 Å². The molecule has 0 saturated carbocycles. The number of carbonyl (C=O) groups is 1. The van der Waals surface area contributed by atoms with Gasteiger partial charge in [-0.15, -0.1) is 0 Å². The molecule has 32 heavy (non-hydrogen) atoms. The lowest BCUT2D eigenvalue weighted by Gasteiger charge is -2.37. The van der Waals surface area contributed by atoms with Gasteiger partial charge in [0.2, 0.25) is 0 Å². The van der Waals surface area contributed by atoms with E-state index in [1.807, 2.05) is 12.1 Å².